The predicted octanol–water partition coefficient (Wildman–Crippen LogP) is -0.592. The average molecular weight is 292 g/mol. The summed E-state index contributed by atoms with van der Waals surface area (Å²) in [5.74, 6) is -1.35. The van der Waals surface area contributed by atoms with E-state index in [1.54, 1.807) is 24.3 Å². The van der Waals surface area contributed by atoms with Crippen LogP contribution in [0.15, 0.2) is 24.3 Å². The molecular weight excluding hydrogens is 276 g/mol. The third kappa shape index (κ3) is 3.45. The SMILES string of the molecule is O=C(CN1C(=O)c2ccccc2C1=O)NCCOCCO. The maximum atomic E-state index is 12.0. The molecule has 0 saturated carbocycles. The van der Waals surface area contributed by atoms with Crippen LogP contribution in [0.5, 0.6) is 0 Å². The van der Waals surface area contributed by atoms with Gasteiger partial charge in [-0.1, -0.05) is 12.1 Å². The van der Waals surface area contributed by atoms with Crippen molar-refractivity contribution in [2.24, 2.45) is 0 Å². The predicted molar refractivity (Wildman–Crippen MR) is 72.7 cm³/mol. The van der Waals surface area contributed by atoms with Gasteiger partial charge in [0, 0.05) is 6.54 Å². The molecule has 0 radical (unpaired) electrons. The van der Waals surface area contributed by atoms with Crippen molar-refractivity contribution < 1.29 is 24.2 Å². The monoisotopic (exact) mass is 292 g/mol. The van der Waals surface area contributed by atoms with E-state index in [0.29, 0.717) is 11.1 Å². The van der Waals surface area contributed by atoms with Gasteiger partial charge in [-0.2, -0.15) is 0 Å². The second-order valence-corrected chi connectivity index (χ2v) is 4.43. The highest BCUT2D eigenvalue weighted by Crippen LogP contribution is 2.21. The van der Waals surface area contributed by atoms with Crippen LogP contribution < -0.4 is 5.32 Å². The Hall–Kier alpha value is -2.25. The summed E-state index contributed by atoms with van der Waals surface area (Å²) in [6, 6.07) is 6.48. The fraction of sp³-hybridized carbons (Fsp3) is 0.357. The molecule has 1 aromatic carbocycles. The van der Waals surface area contributed by atoms with Crippen LogP contribution >= 0.6 is 0 Å². The number of hydrogen-bond acceptors (Lipinski definition) is 5. The Bertz CT molecular complexity index is 523. The van der Waals surface area contributed by atoms with Crippen molar-refractivity contribution in [3.8, 4) is 0 Å². The lowest BCUT2D eigenvalue weighted by Gasteiger charge is -2.13. The highest BCUT2D eigenvalue weighted by atomic mass is 16.5. The van der Waals surface area contributed by atoms with Gasteiger partial charge in [0.2, 0.25) is 5.91 Å². The minimum absolute atomic E-state index is 0.0804. The minimum atomic E-state index is -0.456. The number of amides is 3. The second kappa shape index (κ2) is 6.96. The molecule has 0 unspecified atom stereocenters. The molecule has 0 fully saturated rings. The summed E-state index contributed by atoms with van der Waals surface area (Å²) in [6.45, 7) is 0.319. The molecule has 3 amide bonds. The number of fused-ring (bicyclic) bond motifs is 1. The molecule has 0 saturated heterocycles. The van der Waals surface area contributed by atoms with Crippen LogP contribution in [0.2, 0.25) is 0 Å². The van der Waals surface area contributed by atoms with Gasteiger partial charge >= 0.3 is 0 Å². The molecule has 1 aromatic rings. The third-order valence-corrected chi connectivity index (χ3v) is 2.98. The van der Waals surface area contributed by atoms with E-state index in [-0.39, 0.29) is 32.9 Å². The summed E-state index contributed by atoms with van der Waals surface area (Å²) >= 11 is 0. The van der Waals surface area contributed by atoms with E-state index in [0.717, 1.165) is 4.90 Å². The Balaban J connectivity index is 1.86. The zero-order chi connectivity index (χ0) is 15.2. The van der Waals surface area contributed by atoms with E-state index in [1.165, 1.54) is 0 Å². The first-order valence-corrected chi connectivity index (χ1v) is 6.55. The van der Waals surface area contributed by atoms with Crippen LogP contribution in [0.4, 0.5) is 0 Å². The zero-order valence-electron chi connectivity index (χ0n) is 11.4. The van der Waals surface area contributed by atoms with E-state index in [4.69, 9.17) is 9.84 Å². The number of aliphatic hydroxyl groups excluding tert-OH is 1. The van der Waals surface area contributed by atoms with Crippen molar-refractivity contribution in [1.29, 1.82) is 0 Å². The van der Waals surface area contributed by atoms with Crippen molar-refractivity contribution in [1.82, 2.24) is 10.2 Å². The highest BCUT2D eigenvalue weighted by Gasteiger charge is 2.36. The van der Waals surface area contributed by atoms with Crippen molar-refractivity contribution in [3.63, 3.8) is 0 Å². The van der Waals surface area contributed by atoms with Crippen molar-refractivity contribution in [2.75, 3.05) is 32.9 Å². The fourth-order valence-electron chi connectivity index (χ4n) is 2.01. The quantitative estimate of drug-likeness (QED) is 0.517. The van der Waals surface area contributed by atoms with E-state index >= 15 is 0 Å². The number of carbonyl (C=O) groups excluding carboxylic acids is 3. The van der Waals surface area contributed by atoms with Crippen molar-refractivity contribution >= 4 is 17.7 Å². The van der Waals surface area contributed by atoms with Crippen LogP contribution in [0.1, 0.15) is 20.7 Å². The lowest BCUT2D eigenvalue weighted by molar-refractivity contribution is -0.121. The highest BCUT2D eigenvalue weighted by molar-refractivity contribution is 6.22. The van der Waals surface area contributed by atoms with Gasteiger partial charge in [-0.15, -0.1) is 0 Å². The summed E-state index contributed by atoms with van der Waals surface area (Å²) < 4.78 is 4.98. The van der Waals surface area contributed by atoms with Crippen molar-refractivity contribution in [2.45, 2.75) is 0 Å². The zero-order valence-corrected chi connectivity index (χ0v) is 11.4. The lowest BCUT2D eigenvalue weighted by atomic mass is 10.1. The van der Waals surface area contributed by atoms with E-state index in [2.05, 4.69) is 5.32 Å². The summed E-state index contributed by atoms with van der Waals surface area (Å²) in [6.07, 6.45) is 0. The van der Waals surface area contributed by atoms with Crippen LogP contribution in [0.25, 0.3) is 0 Å². The maximum Gasteiger partial charge on any atom is 0.262 e. The van der Waals surface area contributed by atoms with Gasteiger partial charge < -0.3 is 15.2 Å². The molecule has 7 heteroatoms. The Kier molecular flexibility index (Phi) is 5.02. The average Bonchev–Trinajstić information content (AvgIpc) is 2.73. The van der Waals surface area contributed by atoms with Crippen molar-refractivity contribution in [3.05, 3.63) is 35.4 Å². The number of carbonyl (C=O) groups is 3. The number of hydrogen-bond donors (Lipinski definition) is 2. The summed E-state index contributed by atoms with van der Waals surface area (Å²) in [5.41, 5.74) is 0.642. The Morgan fingerprint density at radius 3 is 2.33 bits per heavy atom. The van der Waals surface area contributed by atoms with Gasteiger partial charge in [-0.05, 0) is 12.1 Å². The molecule has 0 atom stereocenters. The number of benzene rings is 1. The molecule has 0 bridgehead atoms. The summed E-state index contributed by atoms with van der Waals surface area (Å²) in [7, 11) is 0. The number of ether oxygens (including phenoxy) is 1. The molecule has 1 aliphatic rings. The number of nitrogens with one attached hydrogen (secondary N) is 1. The van der Waals surface area contributed by atoms with E-state index < -0.39 is 17.7 Å². The molecule has 1 aliphatic heterocycles. The molecule has 112 valence electrons. The largest absolute Gasteiger partial charge is 0.394 e. The first-order chi connectivity index (χ1) is 10.1. The van der Waals surface area contributed by atoms with Gasteiger partial charge in [0.05, 0.1) is 30.9 Å². The number of aliphatic hydroxyl groups is 1. The second-order valence-electron chi connectivity index (χ2n) is 4.43. The smallest absolute Gasteiger partial charge is 0.262 e. The standard InChI is InChI=1S/C14H16N2O5/c17-6-8-21-7-5-15-12(18)9-16-13(19)10-3-1-2-4-11(10)14(16)20/h1-4,17H,5-9H2,(H,15,18). The maximum absolute atomic E-state index is 12.0. The molecular formula is C14H16N2O5. The Labute approximate surface area is 121 Å². The fourth-order valence-corrected chi connectivity index (χ4v) is 2.01. The molecule has 2 N–H and O–H groups in total. The van der Waals surface area contributed by atoms with E-state index in [1.807, 2.05) is 0 Å². The van der Waals surface area contributed by atoms with E-state index in [9.17, 15) is 14.4 Å². The summed E-state index contributed by atoms with van der Waals surface area (Å²) in [4.78, 5) is 36.7. The molecule has 0 aromatic heterocycles. The molecule has 7 nitrogen and oxygen atoms in total. The molecule has 1 heterocycles. The Morgan fingerprint density at radius 1 is 1.14 bits per heavy atom. The number of rotatable bonds is 7. The molecule has 2 rings (SSSR count). The minimum Gasteiger partial charge on any atom is -0.394 e. The van der Waals surface area contributed by atoms with Gasteiger partial charge in [-0.3, -0.25) is 19.3 Å². The summed E-state index contributed by atoms with van der Waals surface area (Å²) in [5, 5.41) is 11.1. The molecule has 0 spiro atoms. The lowest BCUT2D eigenvalue weighted by Crippen LogP contribution is -2.41. The van der Waals surface area contributed by atoms with Crippen LogP contribution in [-0.2, 0) is 9.53 Å². The third-order valence-electron chi connectivity index (χ3n) is 2.98. The van der Waals surface area contributed by atoms with Gasteiger partial charge in [0.1, 0.15) is 6.54 Å². The van der Waals surface area contributed by atoms with Crippen LogP contribution in [-0.4, -0.2) is 60.6 Å². The van der Waals surface area contributed by atoms with Gasteiger partial charge in [0.15, 0.2) is 0 Å². The normalized spacial score (nSPS) is 13.5. The molecule has 0 aliphatic carbocycles. The van der Waals surface area contributed by atoms with Gasteiger partial charge in [-0.25, -0.2) is 0 Å². The van der Waals surface area contributed by atoms with Crippen LogP contribution in [0, 0.1) is 0 Å². The molecule has 21 heavy (non-hydrogen) atoms. The topological polar surface area (TPSA) is 95.9 Å². The van der Waals surface area contributed by atoms with Gasteiger partial charge in [0.25, 0.3) is 11.8 Å². The first-order valence-electron chi connectivity index (χ1n) is 6.55. The first kappa shape index (κ1) is 15.1. The number of imide groups is 1. The van der Waals surface area contributed by atoms with Crippen LogP contribution in [0.3, 0.4) is 0 Å². The Morgan fingerprint density at radius 2 is 1.76 bits per heavy atom. The number of nitrogens with zero attached hydrogens (tertiary/aromatic N) is 1.